The number of nitrogens with zero attached hydrogens (tertiary/aromatic N) is 2. The smallest absolute Gasteiger partial charge is 0.248 e. The predicted molar refractivity (Wildman–Crippen MR) is 129 cm³/mol. The Morgan fingerprint density at radius 1 is 1.03 bits per heavy atom. The molecule has 0 aliphatic rings. The van der Waals surface area contributed by atoms with Gasteiger partial charge in [0.15, 0.2) is 0 Å². The molecular formula is C22H28N4O2S2. The molecule has 0 fully saturated rings. The van der Waals surface area contributed by atoms with Crippen LogP contribution in [0.3, 0.4) is 0 Å². The fourth-order valence-corrected chi connectivity index (χ4v) is 3.09. The van der Waals surface area contributed by atoms with Crippen molar-refractivity contribution in [2.24, 2.45) is 0 Å². The van der Waals surface area contributed by atoms with E-state index in [0.29, 0.717) is 23.1 Å². The molecule has 0 saturated heterocycles. The first kappa shape index (κ1) is 25.2. The van der Waals surface area contributed by atoms with Crippen molar-refractivity contribution in [3.63, 3.8) is 0 Å². The number of rotatable bonds is 8. The van der Waals surface area contributed by atoms with Gasteiger partial charge in [-0.1, -0.05) is 85.7 Å². The maximum atomic E-state index is 12.4. The Hall–Kier alpha value is -2.84. The van der Waals surface area contributed by atoms with E-state index in [-0.39, 0.29) is 6.42 Å². The predicted octanol–water partition coefficient (Wildman–Crippen LogP) is 3.47. The molecule has 2 N–H and O–H groups in total. The van der Waals surface area contributed by atoms with Gasteiger partial charge in [0.25, 0.3) is 0 Å². The van der Waals surface area contributed by atoms with Crippen molar-refractivity contribution in [3.05, 3.63) is 72.4 Å². The molecule has 8 heteroatoms. The van der Waals surface area contributed by atoms with Gasteiger partial charge in [-0.3, -0.25) is 30.5 Å². The Morgan fingerprint density at radius 3 is 2.10 bits per heavy atom. The zero-order valence-corrected chi connectivity index (χ0v) is 19.2. The molecular weight excluding hydrogens is 416 g/mol. The standard InChI is InChI=1S/C22H28N4O2S2/c1-5-12-17(13-6-2)21(29)25(7-3)23-19(27)16-20(28)24-26(8-4)22(30)18-14-10-9-11-15-18/h5-6,9-15H,1,7-8,16H2,2-4H3,(H,23,27)(H,24,28)/b13-6-,17-12+. The van der Waals surface area contributed by atoms with Crippen LogP contribution in [0.25, 0.3) is 0 Å². The number of allylic oxidation sites excluding steroid dienone is 3. The van der Waals surface area contributed by atoms with Crippen molar-refractivity contribution in [1.29, 1.82) is 0 Å². The summed E-state index contributed by atoms with van der Waals surface area (Å²) in [6.07, 6.45) is 6.69. The highest BCUT2D eigenvalue weighted by Crippen LogP contribution is 2.07. The maximum Gasteiger partial charge on any atom is 0.248 e. The van der Waals surface area contributed by atoms with Crippen molar-refractivity contribution in [3.8, 4) is 0 Å². The first-order chi connectivity index (χ1) is 14.4. The second kappa shape index (κ2) is 13.4. The number of nitrogens with one attached hydrogen (secondary N) is 2. The molecule has 6 nitrogen and oxygen atoms in total. The quantitative estimate of drug-likeness (QED) is 0.210. The lowest BCUT2D eigenvalue weighted by atomic mass is 10.2. The van der Waals surface area contributed by atoms with E-state index in [1.807, 2.05) is 63.3 Å². The van der Waals surface area contributed by atoms with Crippen molar-refractivity contribution in [1.82, 2.24) is 20.9 Å². The summed E-state index contributed by atoms with van der Waals surface area (Å²) in [5.41, 5.74) is 6.91. The molecule has 0 atom stereocenters. The van der Waals surface area contributed by atoms with Crippen molar-refractivity contribution < 1.29 is 9.59 Å². The summed E-state index contributed by atoms with van der Waals surface area (Å²) in [5.74, 6) is -0.943. The van der Waals surface area contributed by atoms with Crippen LogP contribution in [0.4, 0.5) is 0 Å². The third-order valence-corrected chi connectivity index (χ3v) is 4.79. The molecule has 30 heavy (non-hydrogen) atoms. The molecule has 1 aromatic carbocycles. The molecule has 0 aliphatic heterocycles. The molecule has 0 heterocycles. The second-order valence-electron chi connectivity index (χ2n) is 6.07. The summed E-state index contributed by atoms with van der Waals surface area (Å²) in [7, 11) is 0. The third kappa shape index (κ3) is 7.88. The lowest BCUT2D eigenvalue weighted by molar-refractivity contribution is -0.132. The number of hydrogen-bond acceptors (Lipinski definition) is 4. The molecule has 0 aliphatic carbocycles. The number of thiocarbonyl (C=S) groups is 2. The van der Waals surface area contributed by atoms with Crippen LogP contribution in [0.5, 0.6) is 0 Å². The number of benzene rings is 1. The first-order valence-corrected chi connectivity index (χ1v) is 10.4. The number of carbonyl (C=O) groups is 2. The lowest BCUT2D eigenvalue weighted by Crippen LogP contribution is -2.49. The number of amides is 2. The number of hydrogen-bond donors (Lipinski definition) is 2. The van der Waals surface area contributed by atoms with E-state index in [4.69, 9.17) is 24.4 Å². The molecule has 160 valence electrons. The van der Waals surface area contributed by atoms with Gasteiger partial charge in [0.2, 0.25) is 11.8 Å². The Balaban J connectivity index is 2.72. The molecule has 0 saturated carbocycles. The zero-order chi connectivity index (χ0) is 22.5. The fraction of sp³-hybridized carbons (Fsp3) is 0.273. The zero-order valence-electron chi connectivity index (χ0n) is 17.6. The Bertz CT molecular complexity index is 835. The fourth-order valence-electron chi connectivity index (χ4n) is 2.47. The Morgan fingerprint density at radius 2 is 1.60 bits per heavy atom. The minimum atomic E-state index is -0.475. The van der Waals surface area contributed by atoms with Gasteiger partial charge >= 0.3 is 0 Å². The Kier molecular flexibility index (Phi) is 11.3. The van der Waals surface area contributed by atoms with Gasteiger partial charge < -0.3 is 0 Å². The maximum absolute atomic E-state index is 12.4. The second-order valence-corrected chi connectivity index (χ2v) is 6.84. The van der Waals surface area contributed by atoms with Crippen LogP contribution in [-0.2, 0) is 9.59 Å². The molecule has 2 amide bonds. The van der Waals surface area contributed by atoms with Gasteiger partial charge in [0.05, 0.1) is 0 Å². The van der Waals surface area contributed by atoms with Gasteiger partial charge in [-0.15, -0.1) is 0 Å². The highest BCUT2D eigenvalue weighted by molar-refractivity contribution is 7.81. The summed E-state index contributed by atoms with van der Waals surface area (Å²) >= 11 is 10.9. The van der Waals surface area contributed by atoms with E-state index in [2.05, 4.69) is 17.4 Å². The van der Waals surface area contributed by atoms with Crippen LogP contribution >= 0.6 is 24.4 Å². The third-order valence-electron chi connectivity index (χ3n) is 3.87. The highest BCUT2D eigenvalue weighted by atomic mass is 32.1. The molecule has 1 rings (SSSR count). The van der Waals surface area contributed by atoms with E-state index >= 15 is 0 Å². The van der Waals surface area contributed by atoms with E-state index in [1.54, 1.807) is 17.2 Å². The van der Waals surface area contributed by atoms with Crippen LogP contribution < -0.4 is 10.9 Å². The summed E-state index contributed by atoms with van der Waals surface area (Å²) in [4.78, 5) is 25.7. The van der Waals surface area contributed by atoms with Gasteiger partial charge in [-0.2, -0.15) is 0 Å². The molecule has 0 bridgehead atoms. The van der Waals surface area contributed by atoms with E-state index in [9.17, 15) is 9.59 Å². The topological polar surface area (TPSA) is 64.7 Å². The van der Waals surface area contributed by atoms with Gasteiger partial charge in [0, 0.05) is 24.2 Å². The minimum absolute atomic E-state index is 0.364. The first-order valence-electron chi connectivity index (χ1n) is 9.60. The molecule has 1 aromatic rings. The van der Waals surface area contributed by atoms with Crippen LogP contribution in [0.2, 0.25) is 0 Å². The van der Waals surface area contributed by atoms with E-state index in [1.165, 1.54) is 5.01 Å². The van der Waals surface area contributed by atoms with Gasteiger partial charge in [-0.05, 0) is 20.8 Å². The highest BCUT2D eigenvalue weighted by Gasteiger charge is 2.18. The molecule has 0 unspecified atom stereocenters. The van der Waals surface area contributed by atoms with Crippen LogP contribution in [0.1, 0.15) is 32.8 Å². The molecule has 0 aromatic heterocycles. The minimum Gasteiger partial charge on any atom is -0.274 e. The van der Waals surface area contributed by atoms with Gasteiger partial charge in [0.1, 0.15) is 16.4 Å². The molecule has 0 radical (unpaired) electrons. The van der Waals surface area contributed by atoms with Crippen LogP contribution in [0, 0.1) is 0 Å². The van der Waals surface area contributed by atoms with Crippen molar-refractivity contribution >= 4 is 46.2 Å². The van der Waals surface area contributed by atoms with Gasteiger partial charge in [-0.25, -0.2) is 0 Å². The van der Waals surface area contributed by atoms with Crippen molar-refractivity contribution in [2.45, 2.75) is 27.2 Å². The number of hydrazine groups is 2. The normalized spacial score (nSPS) is 11.0. The average molecular weight is 445 g/mol. The van der Waals surface area contributed by atoms with E-state index in [0.717, 1.165) is 11.1 Å². The summed E-state index contributed by atoms with van der Waals surface area (Å²) in [5, 5.41) is 3.06. The van der Waals surface area contributed by atoms with E-state index < -0.39 is 11.8 Å². The number of carbonyl (C=O) groups excluding carboxylic acids is 2. The average Bonchev–Trinajstić information content (AvgIpc) is 2.75. The summed E-state index contributed by atoms with van der Waals surface area (Å²) in [6.45, 7) is 10.2. The van der Waals surface area contributed by atoms with Crippen molar-refractivity contribution in [2.75, 3.05) is 13.1 Å². The largest absolute Gasteiger partial charge is 0.274 e. The Labute approximate surface area is 189 Å². The summed E-state index contributed by atoms with van der Waals surface area (Å²) < 4.78 is 0. The molecule has 0 spiro atoms. The monoisotopic (exact) mass is 444 g/mol. The number of likely N-dealkylation sites (N-methyl/N-ethyl adjacent to an activating group) is 1. The van der Waals surface area contributed by atoms with Crippen LogP contribution in [-0.4, -0.2) is 44.9 Å². The SMILES string of the molecule is C=C/C=C(\C=C/C)C(=S)N(CC)NC(=O)CC(=O)NN(CC)C(=S)c1ccccc1. The van der Waals surface area contributed by atoms with Crippen LogP contribution in [0.15, 0.2) is 66.8 Å². The summed E-state index contributed by atoms with van der Waals surface area (Å²) in [6, 6.07) is 9.36. The lowest BCUT2D eigenvalue weighted by Gasteiger charge is -2.26.